The van der Waals surface area contributed by atoms with Crippen molar-refractivity contribution in [1.82, 2.24) is 0 Å². The zero-order valence-corrected chi connectivity index (χ0v) is 8.82. The highest BCUT2D eigenvalue weighted by Gasteiger charge is 2.20. The van der Waals surface area contributed by atoms with Gasteiger partial charge in [-0.15, -0.1) is 0 Å². The Morgan fingerprint density at radius 2 is 1.87 bits per heavy atom. The normalized spacial score (nSPS) is 11.1. The Hall–Kier alpha value is -1.40. The SMILES string of the molecule is CCc1ccc(OC(=O)S(=O)(=O)O)cc1. The molecular formula is C9H10O5S. The van der Waals surface area contributed by atoms with Gasteiger partial charge in [-0.3, -0.25) is 4.55 Å². The highest BCUT2D eigenvalue weighted by atomic mass is 32.2. The van der Waals surface area contributed by atoms with Gasteiger partial charge in [0.1, 0.15) is 5.75 Å². The minimum atomic E-state index is -4.78. The largest absolute Gasteiger partial charge is 0.457 e. The molecule has 0 fully saturated rings. The molecule has 1 rings (SSSR count). The summed E-state index contributed by atoms with van der Waals surface area (Å²) in [4.78, 5) is 10.7. The van der Waals surface area contributed by atoms with Gasteiger partial charge in [0.15, 0.2) is 0 Å². The van der Waals surface area contributed by atoms with E-state index in [-0.39, 0.29) is 5.75 Å². The van der Waals surface area contributed by atoms with Gasteiger partial charge in [-0.1, -0.05) is 19.1 Å². The average molecular weight is 230 g/mol. The van der Waals surface area contributed by atoms with E-state index in [0.29, 0.717) is 0 Å². The first kappa shape index (κ1) is 11.7. The van der Waals surface area contributed by atoms with Gasteiger partial charge < -0.3 is 4.74 Å². The molecule has 15 heavy (non-hydrogen) atoms. The summed E-state index contributed by atoms with van der Waals surface area (Å²) in [5.41, 5.74) is 1.03. The molecule has 0 bridgehead atoms. The smallest absolute Gasteiger partial charge is 0.413 e. The Balaban J connectivity index is 2.78. The number of benzene rings is 1. The Morgan fingerprint density at radius 1 is 1.33 bits per heavy atom. The molecule has 0 unspecified atom stereocenters. The Morgan fingerprint density at radius 3 is 2.27 bits per heavy atom. The lowest BCUT2D eigenvalue weighted by Crippen LogP contribution is -2.17. The van der Waals surface area contributed by atoms with Gasteiger partial charge in [-0.25, -0.2) is 4.79 Å². The molecule has 0 aliphatic carbocycles. The number of carbonyl (C=O) groups is 1. The molecule has 0 heterocycles. The van der Waals surface area contributed by atoms with Crippen molar-refractivity contribution in [2.45, 2.75) is 13.3 Å². The summed E-state index contributed by atoms with van der Waals surface area (Å²) in [5, 5.41) is -1.67. The van der Waals surface area contributed by atoms with Crippen molar-refractivity contribution in [3.63, 3.8) is 0 Å². The third-order valence-corrected chi connectivity index (χ3v) is 2.25. The van der Waals surface area contributed by atoms with Gasteiger partial charge in [-0.05, 0) is 24.1 Å². The second-order valence-electron chi connectivity index (χ2n) is 2.82. The van der Waals surface area contributed by atoms with Gasteiger partial charge in [0.25, 0.3) is 0 Å². The second kappa shape index (κ2) is 4.41. The maximum atomic E-state index is 10.7. The van der Waals surface area contributed by atoms with E-state index in [1.54, 1.807) is 12.1 Å². The maximum Gasteiger partial charge on any atom is 0.457 e. The fraction of sp³-hybridized carbons (Fsp3) is 0.222. The molecule has 1 aromatic rings. The van der Waals surface area contributed by atoms with Crippen LogP contribution in [0.25, 0.3) is 0 Å². The zero-order valence-electron chi connectivity index (χ0n) is 8.00. The van der Waals surface area contributed by atoms with Gasteiger partial charge in [0.2, 0.25) is 0 Å². The Labute approximate surface area is 87.4 Å². The highest BCUT2D eigenvalue weighted by molar-refractivity contribution is 8.00. The van der Waals surface area contributed by atoms with Crippen LogP contribution in [0.4, 0.5) is 4.79 Å². The molecule has 0 saturated carbocycles. The standard InChI is InChI=1S/C9H10O5S/c1-2-7-3-5-8(6-4-7)14-9(10)15(11,12)13/h3-6H,2H2,1H3,(H,11,12,13). The predicted molar refractivity (Wildman–Crippen MR) is 53.4 cm³/mol. The van der Waals surface area contributed by atoms with E-state index in [2.05, 4.69) is 4.74 Å². The van der Waals surface area contributed by atoms with Crippen LogP contribution in [0.5, 0.6) is 5.75 Å². The molecule has 0 atom stereocenters. The molecule has 0 aromatic heterocycles. The van der Waals surface area contributed by atoms with Crippen LogP contribution >= 0.6 is 0 Å². The van der Waals surface area contributed by atoms with Crippen LogP contribution in [0.3, 0.4) is 0 Å². The number of carbonyl (C=O) groups excluding carboxylic acids is 1. The van der Waals surface area contributed by atoms with E-state index >= 15 is 0 Å². The van der Waals surface area contributed by atoms with Crippen LogP contribution in [-0.4, -0.2) is 18.3 Å². The van der Waals surface area contributed by atoms with Gasteiger partial charge in [0, 0.05) is 0 Å². The first-order chi connectivity index (χ1) is 6.93. The fourth-order valence-electron chi connectivity index (χ4n) is 0.942. The fourth-order valence-corrected chi connectivity index (χ4v) is 1.14. The summed E-state index contributed by atoms with van der Waals surface area (Å²) < 4.78 is 33.4. The molecule has 1 N–H and O–H groups in total. The molecule has 6 heteroatoms. The molecule has 1 aromatic carbocycles. The van der Waals surface area contributed by atoms with Crippen LogP contribution in [0.2, 0.25) is 0 Å². The number of aryl methyl sites for hydroxylation is 1. The molecule has 0 amide bonds. The van der Waals surface area contributed by atoms with E-state index < -0.39 is 15.4 Å². The molecular weight excluding hydrogens is 220 g/mol. The van der Waals surface area contributed by atoms with Gasteiger partial charge in [0.05, 0.1) is 0 Å². The second-order valence-corrected chi connectivity index (χ2v) is 4.11. The van der Waals surface area contributed by atoms with Crippen molar-refractivity contribution in [2.24, 2.45) is 0 Å². The average Bonchev–Trinajstić information content (AvgIpc) is 2.17. The molecule has 82 valence electrons. The van der Waals surface area contributed by atoms with E-state index in [1.165, 1.54) is 12.1 Å². The minimum Gasteiger partial charge on any atom is -0.413 e. The highest BCUT2D eigenvalue weighted by Crippen LogP contribution is 2.13. The van der Waals surface area contributed by atoms with Crippen LogP contribution in [-0.2, 0) is 16.5 Å². The first-order valence-electron chi connectivity index (χ1n) is 4.21. The third kappa shape index (κ3) is 3.34. The minimum absolute atomic E-state index is 0.0785. The number of ether oxygens (including phenoxy) is 1. The molecule has 0 radical (unpaired) electrons. The first-order valence-corrected chi connectivity index (χ1v) is 5.65. The van der Waals surface area contributed by atoms with E-state index in [1.807, 2.05) is 6.92 Å². The Kier molecular flexibility index (Phi) is 3.43. The van der Waals surface area contributed by atoms with E-state index in [4.69, 9.17) is 4.55 Å². The van der Waals surface area contributed by atoms with Crippen molar-refractivity contribution in [2.75, 3.05) is 0 Å². The lowest BCUT2D eigenvalue weighted by Gasteiger charge is -2.02. The zero-order chi connectivity index (χ0) is 11.5. The summed E-state index contributed by atoms with van der Waals surface area (Å²) in [5.74, 6) is 0.0785. The summed E-state index contributed by atoms with van der Waals surface area (Å²) in [6.07, 6.45) is 0.826. The van der Waals surface area contributed by atoms with Crippen LogP contribution in [0.15, 0.2) is 24.3 Å². The molecule has 0 aliphatic rings. The predicted octanol–water partition coefficient (Wildman–Crippen LogP) is 1.64. The summed E-state index contributed by atoms with van der Waals surface area (Å²) in [6, 6.07) is 6.32. The van der Waals surface area contributed by atoms with Crippen molar-refractivity contribution in [3.05, 3.63) is 29.8 Å². The van der Waals surface area contributed by atoms with Crippen molar-refractivity contribution >= 4 is 15.4 Å². The van der Waals surface area contributed by atoms with Crippen LogP contribution in [0.1, 0.15) is 12.5 Å². The molecule has 0 saturated heterocycles. The molecule has 0 aliphatic heterocycles. The van der Waals surface area contributed by atoms with E-state index in [0.717, 1.165) is 12.0 Å². The lowest BCUT2D eigenvalue weighted by atomic mass is 10.2. The molecule has 5 nitrogen and oxygen atoms in total. The van der Waals surface area contributed by atoms with Gasteiger partial charge >= 0.3 is 15.4 Å². The number of hydrogen-bond acceptors (Lipinski definition) is 4. The monoisotopic (exact) mass is 230 g/mol. The number of rotatable bonds is 2. The lowest BCUT2D eigenvalue weighted by molar-refractivity contribution is 0.221. The molecule has 0 spiro atoms. The van der Waals surface area contributed by atoms with Crippen molar-refractivity contribution in [1.29, 1.82) is 0 Å². The van der Waals surface area contributed by atoms with E-state index in [9.17, 15) is 13.2 Å². The third-order valence-electron chi connectivity index (χ3n) is 1.74. The summed E-state index contributed by atoms with van der Waals surface area (Å²) >= 11 is 0. The number of hydrogen-bond donors (Lipinski definition) is 1. The van der Waals surface area contributed by atoms with Gasteiger partial charge in [-0.2, -0.15) is 8.42 Å². The topological polar surface area (TPSA) is 80.7 Å². The summed E-state index contributed by atoms with van der Waals surface area (Å²) in [6.45, 7) is 1.96. The quantitative estimate of drug-likeness (QED) is 0.617. The summed E-state index contributed by atoms with van der Waals surface area (Å²) in [7, 11) is -4.78. The Bertz CT molecular complexity index is 446. The van der Waals surface area contributed by atoms with Crippen LogP contribution in [0, 0.1) is 0 Å². The maximum absolute atomic E-state index is 10.7. The van der Waals surface area contributed by atoms with Crippen molar-refractivity contribution in [3.8, 4) is 5.75 Å². The van der Waals surface area contributed by atoms with Crippen LogP contribution < -0.4 is 4.74 Å². The van der Waals surface area contributed by atoms with Crippen molar-refractivity contribution < 1.29 is 22.5 Å².